The fourth-order valence-electron chi connectivity index (χ4n) is 1.30. The largest absolute Gasteiger partial charge is 0.494 e. The van der Waals surface area contributed by atoms with E-state index in [0.717, 1.165) is 5.56 Å². The fraction of sp³-hybridized carbons (Fsp3) is 0.400. The summed E-state index contributed by atoms with van der Waals surface area (Å²) in [6.07, 6.45) is 0. The smallest absolute Gasteiger partial charge is 0.298 e. The van der Waals surface area contributed by atoms with Crippen molar-refractivity contribution in [1.29, 1.82) is 0 Å². The highest BCUT2D eigenvalue weighted by molar-refractivity contribution is 7.90. The number of ether oxygens (including phenoxy) is 1. The quantitative estimate of drug-likeness (QED) is 0.690. The summed E-state index contributed by atoms with van der Waals surface area (Å²) in [5.41, 5.74) is 6.77. The highest BCUT2D eigenvalue weighted by atomic mass is 32.2. The Balaban J connectivity index is 2.97. The van der Waals surface area contributed by atoms with Crippen molar-refractivity contribution in [3.05, 3.63) is 23.8 Å². The van der Waals surface area contributed by atoms with Gasteiger partial charge in [-0.1, -0.05) is 0 Å². The van der Waals surface area contributed by atoms with Gasteiger partial charge in [-0.05, 0) is 25.1 Å². The Morgan fingerprint density at radius 1 is 1.41 bits per heavy atom. The molecule has 0 bridgehead atoms. The van der Waals surface area contributed by atoms with Gasteiger partial charge in [0.1, 0.15) is 5.75 Å². The van der Waals surface area contributed by atoms with E-state index in [1.807, 2.05) is 6.92 Å². The summed E-state index contributed by atoms with van der Waals surface area (Å²) in [5.74, 6) is 0.669. The van der Waals surface area contributed by atoms with E-state index in [-0.39, 0.29) is 6.54 Å². The van der Waals surface area contributed by atoms with Crippen LogP contribution in [0.5, 0.6) is 5.75 Å². The average molecular weight is 259 g/mol. The molecule has 0 heterocycles. The molecule has 0 aromatic heterocycles. The zero-order chi connectivity index (χ0) is 12.9. The molecule has 0 fully saturated rings. The Morgan fingerprint density at radius 2 is 2.12 bits per heavy atom. The Morgan fingerprint density at radius 3 is 2.65 bits per heavy atom. The van der Waals surface area contributed by atoms with E-state index in [4.69, 9.17) is 10.5 Å². The molecular formula is C10H17N3O3S. The molecule has 1 aromatic carbocycles. The summed E-state index contributed by atoms with van der Waals surface area (Å²) < 4.78 is 32.5. The van der Waals surface area contributed by atoms with Crippen molar-refractivity contribution >= 4 is 15.9 Å². The van der Waals surface area contributed by atoms with E-state index in [9.17, 15) is 8.42 Å². The zero-order valence-electron chi connectivity index (χ0n) is 9.86. The molecule has 1 aromatic rings. The highest BCUT2D eigenvalue weighted by Crippen LogP contribution is 2.22. The molecule has 0 radical (unpaired) electrons. The maximum Gasteiger partial charge on any atom is 0.298 e. The van der Waals surface area contributed by atoms with Crippen LogP contribution in [0.15, 0.2) is 18.2 Å². The van der Waals surface area contributed by atoms with Gasteiger partial charge in [0.2, 0.25) is 0 Å². The molecule has 4 N–H and O–H groups in total. The van der Waals surface area contributed by atoms with Gasteiger partial charge in [0.05, 0.1) is 12.3 Å². The molecule has 0 unspecified atom stereocenters. The Kier molecular flexibility index (Phi) is 4.73. The van der Waals surface area contributed by atoms with E-state index in [0.29, 0.717) is 18.0 Å². The van der Waals surface area contributed by atoms with Crippen molar-refractivity contribution in [1.82, 2.24) is 4.72 Å². The van der Waals surface area contributed by atoms with E-state index < -0.39 is 10.2 Å². The summed E-state index contributed by atoms with van der Waals surface area (Å²) in [4.78, 5) is 0. The molecule has 1 rings (SSSR count). The summed E-state index contributed by atoms with van der Waals surface area (Å²) in [7, 11) is -2.17. The summed E-state index contributed by atoms with van der Waals surface area (Å²) in [6.45, 7) is 2.69. The fourth-order valence-corrected chi connectivity index (χ4v) is 1.84. The Hall–Kier alpha value is -1.31. The normalized spacial score (nSPS) is 11.2. The van der Waals surface area contributed by atoms with Crippen LogP contribution in [0.3, 0.4) is 0 Å². The molecule has 0 aliphatic rings. The maximum atomic E-state index is 11.3. The molecule has 96 valence electrons. The molecule has 0 saturated heterocycles. The Bertz CT molecular complexity index is 474. The molecule has 0 atom stereocenters. The first kappa shape index (κ1) is 13.8. The lowest BCUT2D eigenvalue weighted by Gasteiger charge is -2.12. The minimum atomic E-state index is -3.50. The van der Waals surface area contributed by atoms with E-state index in [1.54, 1.807) is 18.2 Å². The summed E-state index contributed by atoms with van der Waals surface area (Å²) in [6, 6.07) is 4.97. The predicted octanol–water partition coefficient (Wildman–Crippen LogP) is 0.420. The molecular weight excluding hydrogens is 242 g/mol. The molecule has 0 saturated carbocycles. The number of hydrogen-bond donors (Lipinski definition) is 3. The number of nitrogens with two attached hydrogens (primary N) is 1. The first-order chi connectivity index (χ1) is 8.02. The minimum Gasteiger partial charge on any atom is -0.494 e. The van der Waals surface area contributed by atoms with E-state index >= 15 is 0 Å². The van der Waals surface area contributed by atoms with Crippen molar-refractivity contribution < 1.29 is 13.2 Å². The monoisotopic (exact) mass is 259 g/mol. The lowest BCUT2D eigenvalue weighted by atomic mass is 10.2. The van der Waals surface area contributed by atoms with Gasteiger partial charge >= 0.3 is 0 Å². The van der Waals surface area contributed by atoms with Crippen LogP contribution in [-0.2, 0) is 16.8 Å². The molecule has 6 nitrogen and oxygen atoms in total. The van der Waals surface area contributed by atoms with Crippen molar-refractivity contribution in [2.45, 2.75) is 13.5 Å². The molecule has 17 heavy (non-hydrogen) atoms. The standard InChI is InChI=1S/C10H17N3O3S/c1-3-16-10-5-4-9(6-8(10)7-11)13-17(14,15)12-2/h4-6,12-13H,3,7,11H2,1-2H3. The third kappa shape index (κ3) is 3.88. The number of benzene rings is 1. The number of anilines is 1. The van der Waals surface area contributed by atoms with Gasteiger partial charge in [0.15, 0.2) is 0 Å². The molecule has 0 spiro atoms. The second-order valence-electron chi connectivity index (χ2n) is 3.27. The van der Waals surface area contributed by atoms with Crippen LogP contribution >= 0.6 is 0 Å². The summed E-state index contributed by atoms with van der Waals surface area (Å²) in [5, 5.41) is 0. The zero-order valence-corrected chi connectivity index (χ0v) is 10.7. The first-order valence-corrected chi connectivity index (χ1v) is 6.67. The van der Waals surface area contributed by atoms with Crippen LogP contribution in [0, 0.1) is 0 Å². The van der Waals surface area contributed by atoms with Gasteiger partial charge in [0.25, 0.3) is 10.2 Å². The number of nitrogens with one attached hydrogen (secondary N) is 2. The third-order valence-corrected chi connectivity index (χ3v) is 3.14. The molecule has 0 aliphatic heterocycles. The van der Waals surface area contributed by atoms with Crippen LogP contribution < -0.4 is 19.9 Å². The third-order valence-electron chi connectivity index (χ3n) is 2.10. The van der Waals surface area contributed by atoms with Crippen molar-refractivity contribution in [3.8, 4) is 5.75 Å². The van der Waals surface area contributed by atoms with Gasteiger partial charge in [0, 0.05) is 19.2 Å². The second kappa shape index (κ2) is 5.85. The Labute approximate surface area is 101 Å². The SMILES string of the molecule is CCOc1ccc(NS(=O)(=O)NC)cc1CN. The van der Waals surface area contributed by atoms with Crippen LogP contribution in [0.25, 0.3) is 0 Å². The molecule has 7 heteroatoms. The van der Waals surface area contributed by atoms with E-state index in [1.165, 1.54) is 7.05 Å². The van der Waals surface area contributed by atoms with Crippen LogP contribution in [0.4, 0.5) is 5.69 Å². The number of rotatable bonds is 6. The van der Waals surface area contributed by atoms with Crippen LogP contribution in [0.1, 0.15) is 12.5 Å². The van der Waals surface area contributed by atoms with Crippen molar-refractivity contribution in [2.75, 3.05) is 18.4 Å². The van der Waals surface area contributed by atoms with Gasteiger partial charge in [-0.15, -0.1) is 0 Å². The highest BCUT2D eigenvalue weighted by Gasteiger charge is 2.08. The van der Waals surface area contributed by atoms with Gasteiger partial charge in [-0.3, -0.25) is 4.72 Å². The van der Waals surface area contributed by atoms with Crippen LogP contribution in [0.2, 0.25) is 0 Å². The average Bonchev–Trinajstić information content (AvgIpc) is 2.31. The van der Waals surface area contributed by atoms with Gasteiger partial charge in [-0.2, -0.15) is 8.42 Å². The predicted molar refractivity (Wildman–Crippen MR) is 67.1 cm³/mol. The topological polar surface area (TPSA) is 93.4 Å². The number of hydrogen-bond acceptors (Lipinski definition) is 4. The lowest BCUT2D eigenvalue weighted by molar-refractivity contribution is 0.336. The molecule has 0 amide bonds. The van der Waals surface area contributed by atoms with Gasteiger partial charge in [-0.25, -0.2) is 4.72 Å². The lowest BCUT2D eigenvalue weighted by Crippen LogP contribution is -2.26. The second-order valence-corrected chi connectivity index (χ2v) is 4.89. The summed E-state index contributed by atoms with van der Waals surface area (Å²) >= 11 is 0. The minimum absolute atomic E-state index is 0.282. The van der Waals surface area contributed by atoms with Crippen LogP contribution in [-0.4, -0.2) is 22.1 Å². The molecule has 0 aliphatic carbocycles. The first-order valence-electron chi connectivity index (χ1n) is 5.19. The van der Waals surface area contributed by atoms with Crippen molar-refractivity contribution in [3.63, 3.8) is 0 Å². The van der Waals surface area contributed by atoms with E-state index in [2.05, 4.69) is 9.44 Å². The van der Waals surface area contributed by atoms with Crippen molar-refractivity contribution in [2.24, 2.45) is 5.73 Å². The maximum absolute atomic E-state index is 11.3. The van der Waals surface area contributed by atoms with Gasteiger partial charge < -0.3 is 10.5 Å².